The van der Waals surface area contributed by atoms with Gasteiger partial charge in [-0.2, -0.15) is 5.10 Å². The van der Waals surface area contributed by atoms with Gasteiger partial charge in [-0.3, -0.25) is 4.79 Å². The van der Waals surface area contributed by atoms with Crippen molar-refractivity contribution in [2.24, 2.45) is 0 Å². The van der Waals surface area contributed by atoms with Gasteiger partial charge < -0.3 is 10.1 Å². The fourth-order valence-corrected chi connectivity index (χ4v) is 5.81. The minimum absolute atomic E-state index is 0.0340. The van der Waals surface area contributed by atoms with E-state index in [0.29, 0.717) is 46.7 Å². The lowest BCUT2D eigenvalue weighted by atomic mass is 10.0. The van der Waals surface area contributed by atoms with Crippen LogP contribution in [0.1, 0.15) is 48.3 Å². The van der Waals surface area contributed by atoms with Gasteiger partial charge in [-0.05, 0) is 38.0 Å². The lowest BCUT2D eigenvalue weighted by Gasteiger charge is -2.13. The van der Waals surface area contributed by atoms with Crippen LogP contribution >= 0.6 is 0 Å². The molecule has 1 unspecified atom stereocenters. The first-order valence-corrected chi connectivity index (χ1v) is 12.7. The van der Waals surface area contributed by atoms with Gasteiger partial charge in [0.25, 0.3) is 5.91 Å². The highest BCUT2D eigenvalue weighted by molar-refractivity contribution is 7.91. The number of aryl methyl sites for hydroxylation is 1. The second kappa shape index (κ2) is 8.90. The lowest BCUT2D eigenvalue weighted by Crippen LogP contribution is -2.25. The number of benzene rings is 1. The number of hydrogen-bond acceptors (Lipinski definition) is 6. The number of sulfone groups is 1. The summed E-state index contributed by atoms with van der Waals surface area (Å²) in [6.07, 6.45) is 2.36. The zero-order valence-corrected chi connectivity index (χ0v) is 19.4. The van der Waals surface area contributed by atoms with E-state index < -0.39 is 9.84 Å². The molecule has 1 N–H and O–H groups in total. The normalized spacial score (nSPS) is 17.5. The molecule has 0 bridgehead atoms. The van der Waals surface area contributed by atoms with E-state index in [2.05, 4.69) is 17.3 Å². The van der Waals surface area contributed by atoms with Crippen molar-refractivity contribution in [2.45, 2.75) is 39.2 Å². The van der Waals surface area contributed by atoms with E-state index in [4.69, 9.17) is 9.72 Å². The maximum atomic E-state index is 13.1. The number of unbranched alkanes of at least 4 members (excludes halogenated alkanes) is 1. The standard InChI is InChI=1S/C23H28N4O4S/c1-4-5-10-24-23(28)19-13-20(16-7-6-8-18(12-16)31-3)25-22-21(19)15(2)26-27(22)17-9-11-32(29,30)14-17/h6-8,12-13,17H,4-5,9-11,14H2,1-3H3,(H,24,28). The molecule has 0 radical (unpaired) electrons. The fraction of sp³-hybridized carbons (Fsp3) is 0.435. The van der Waals surface area contributed by atoms with Gasteiger partial charge in [0, 0.05) is 12.1 Å². The average Bonchev–Trinajstić information content (AvgIpc) is 3.32. The summed E-state index contributed by atoms with van der Waals surface area (Å²) in [5.41, 5.74) is 3.10. The summed E-state index contributed by atoms with van der Waals surface area (Å²) in [5, 5.41) is 8.28. The van der Waals surface area contributed by atoms with Gasteiger partial charge in [-0.15, -0.1) is 0 Å². The summed E-state index contributed by atoms with van der Waals surface area (Å²) in [7, 11) is -1.50. The summed E-state index contributed by atoms with van der Waals surface area (Å²) in [6.45, 7) is 4.49. The predicted molar refractivity (Wildman–Crippen MR) is 124 cm³/mol. The minimum atomic E-state index is -3.10. The highest BCUT2D eigenvalue weighted by atomic mass is 32.2. The monoisotopic (exact) mass is 456 g/mol. The van der Waals surface area contributed by atoms with Gasteiger partial charge in [0.2, 0.25) is 0 Å². The first-order valence-electron chi connectivity index (χ1n) is 10.9. The number of aromatic nitrogens is 3. The summed E-state index contributed by atoms with van der Waals surface area (Å²) < 4.78 is 31.2. The SMILES string of the molecule is CCCCNC(=O)c1cc(-c2cccc(OC)c2)nc2c1c(C)nn2C1CCS(=O)(=O)C1. The maximum Gasteiger partial charge on any atom is 0.252 e. The van der Waals surface area contributed by atoms with E-state index in [-0.39, 0.29) is 23.5 Å². The number of hydrogen-bond donors (Lipinski definition) is 1. The van der Waals surface area contributed by atoms with E-state index in [1.165, 1.54) is 0 Å². The molecule has 1 saturated heterocycles. The van der Waals surface area contributed by atoms with Crippen molar-refractivity contribution in [2.75, 3.05) is 25.2 Å². The third-order valence-electron chi connectivity index (χ3n) is 5.82. The number of carbonyl (C=O) groups is 1. The smallest absolute Gasteiger partial charge is 0.252 e. The molecule has 1 atom stereocenters. The van der Waals surface area contributed by atoms with Gasteiger partial charge in [0.15, 0.2) is 15.5 Å². The van der Waals surface area contributed by atoms with E-state index >= 15 is 0 Å². The van der Waals surface area contributed by atoms with Crippen LogP contribution < -0.4 is 10.1 Å². The number of nitrogens with zero attached hydrogens (tertiary/aromatic N) is 3. The molecular weight excluding hydrogens is 428 g/mol. The van der Waals surface area contributed by atoms with Crippen molar-refractivity contribution in [1.29, 1.82) is 0 Å². The van der Waals surface area contributed by atoms with Crippen LogP contribution in [0.25, 0.3) is 22.3 Å². The summed E-state index contributed by atoms with van der Waals surface area (Å²) in [6, 6.07) is 8.97. The van der Waals surface area contributed by atoms with E-state index in [1.807, 2.05) is 31.2 Å². The Kier molecular flexibility index (Phi) is 6.19. The number of carbonyl (C=O) groups excluding carboxylic acids is 1. The molecule has 1 fully saturated rings. The van der Waals surface area contributed by atoms with Gasteiger partial charge >= 0.3 is 0 Å². The topological polar surface area (TPSA) is 103 Å². The molecule has 170 valence electrons. The van der Waals surface area contributed by atoms with Crippen molar-refractivity contribution in [3.8, 4) is 17.0 Å². The van der Waals surface area contributed by atoms with Crippen LogP contribution in [0, 0.1) is 6.92 Å². The summed E-state index contributed by atoms with van der Waals surface area (Å²) in [4.78, 5) is 18.0. The Labute approximate surface area is 187 Å². The van der Waals surface area contributed by atoms with Gasteiger partial charge in [-0.25, -0.2) is 18.1 Å². The number of nitrogens with one attached hydrogen (secondary N) is 1. The van der Waals surface area contributed by atoms with Gasteiger partial charge in [0.05, 0.1) is 47.0 Å². The van der Waals surface area contributed by atoms with Crippen molar-refractivity contribution in [3.05, 3.63) is 41.6 Å². The Bertz CT molecular complexity index is 1270. The Hall–Kier alpha value is -2.94. The van der Waals surface area contributed by atoms with Crippen LogP contribution in [0.3, 0.4) is 0 Å². The molecular formula is C23H28N4O4S. The summed E-state index contributed by atoms with van der Waals surface area (Å²) in [5.74, 6) is 0.672. The first kappa shape index (κ1) is 22.3. The summed E-state index contributed by atoms with van der Waals surface area (Å²) >= 11 is 0. The van der Waals surface area contributed by atoms with E-state index in [9.17, 15) is 13.2 Å². The lowest BCUT2D eigenvalue weighted by molar-refractivity contribution is 0.0954. The Morgan fingerprint density at radius 1 is 1.31 bits per heavy atom. The molecule has 1 amide bonds. The zero-order chi connectivity index (χ0) is 22.9. The number of fused-ring (bicyclic) bond motifs is 1. The predicted octanol–water partition coefficient (Wildman–Crippen LogP) is 3.30. The molecule has 1 aliphatic heterocycles. The number of pyridine rings is 1. The first-order chi connectivity index (χ1) is 15.3. The number of amides is 1. The maximum absolute atomic E-state index is 13.1. The zero-order valence-electron chi connectivity index (χ0n) is 18.6. The van der Waals surface area contributed by atoms with Crippen LogP contribution in [0.15, 0.2) is 30.3 Å². The Balaban J connectivity index is 1.89. The van der Waals surface area contributed by atoms with Crippen molar-refractivity contribution >= 4 is 26.8 Å². The molecule has 3 heterocycles. The fourth-order valence-electron chi connectivity index (χ4n) is 4.12. The minimum Gasteiger partial charge on any atom is -0.497 e. The average molecular weight is 457 g/mol. The largest absolute Gasteiger partial charge is 0.497 e. The third-order valence-corrected chi connectivity index (χ3v) is 7.57. The Morgan fingerprint density at radius 3 is 2.81 bits per heavy atom. The van der Waals surface area contributed by atoms with Crippen molar-refractivity contribution in [3.63, 3.8) is 0 Å². The van der Waals surface area contributed by atoms with E-state index in [0.717, 1.165) is 18.4 Å². The number of rotatable bonds is 7. The number of ether oxygens (including phenoxy) is 1. The van der Waals surface area contributed by atoms with Crippen LogP contribution in [-0.4, -0.2) is 54.2 Å². The highest BCUT2D eigenvalue weighted by Gasteiger charge is 2.32. The Morgan fingerprint density at radius 2 is 2.12 bits per heavy atom. The molecule has 2 aromatic heterocycles. The molecule has 1 aromatic carbocycles. The van der Waals surface area contributed by atoms with Crippen LogP contribution in [-0.2, 0) is 9.84 Å². The van der Waals surface area contributed by atoms with E-state index in [1.54, 1.807) is 17.9 Å². The molecule has 1 aliphatic rings. The molecule has 3 aromatic rings. The molecule has 32 heavy (non-hydrogen) atoms. The molecule has 9 heteroatoms. The van der Waals surface area contributed by atoms with Crippen LogP contribution in [0.4, 0.5) is 0 Å². The van der Waals surface area contributed by atoms with Gasteiger partial charge in [-0.1, -0.05) is 25.5 Å². The molecule has 4 rings (SSSR count). The molecule has 0 spiro atoms. The highest BCUT2D eigenvalue weighted by Crippen LogP contribution is 2.32. The van der Waals surface area contributed by atoms with Gasteiger partial charge in [0.1, 0.15) is 5.75 Å². The molecule has 0 saturated carbocycles. The second-order valence-electron chi connectivity index (χ2n) is 8.18. The van der Waals surface area contributed by atoms with Crippen molar-refractivity contribution in [1.82, 2.24) is 20.1 Å². The molecule has 0 aliphatic carbocycles. The second-order valence-corrected chi connectivity index (χ2v) is 10.4. The quantitative estimate of drug-likeness (QED) is 0.547. The van der Waals surface area contributed by atoms with Crippen LogP contribution in [0.2, 0.25) is 0 Å². The van der Waals surface area contributed by atoms with Crippen molar-refractivity contribution < 1.29 is 17.9 Å². The number of methoxy groups -OCH3 is 1. The third kappa shape index (κ3) is 4.34. The van der Waals surface area contributed by atoms with Crippen LogP contribution in [0.5, 0.6) is 5.75 Å². The molecule has 8 nitrogen and oxygen atoms in total.